The number of rotatable bonds is 6. The van der Waals surface area contributed by atoms with Crippen molar-refractivity contribution in [1.29, 1.82) is 0 Å². The Bertz CT molecular complexity index is 517. The Balaban J connectivity index is 1.57. The maximum Gasteiger partial charge on any atom is 0.225 e. The second-order valence-electron chi connectivity index (χ2n) is 6.26. The molecule has 7 heteroatoms. The average Bonchev–Trinajstić information content (AvgIpc) is 3.06. The zero-order valence-electron chi connectivity index (χ0n) is 13.4. The van der Waals surface area contributed by atoms with Crippen LogP contribution in [-0.4, -0.2) is 54.3 Å². The smallest absolute Gasteiger partial charge is 0.225 e. The SMILES string of the molecule is Clc1nc(Cl)c(C2CCCC2)c(NCCCN2CCOCC2)n1. The molecule has 0 radical (unpaired) electrons. The fourth-order valence-corrected chi connectivity index (χ4v) is 4.00. The van der Waals surface area contributed by atoms with Crippen molar-refractivity contribution in [3.05, 3.63) is 16.0 Å². The van der Waals surface area contributed by atoms with Crippen LogP contribution >= 0.6 is 23.2 Å². The fourth-order valence-electron chi connectivity index (χ4n) is 3.46. The molecule has 1 saturated heterocycles. The molecule has 1 aromatic rings. The summed E-state index contributed by atoms with van der Waals surface area (Å²) in [6.07, 6.45) is 5.88. The average molecular weight is 359 g/mol. The third-order valence-electron chi connectivity index (χ3n) is 4.68. The van der Waals surface area contributed by atoms with Crippen molar-refractivity contribution >= 4 is 29.0 Å². The van der Waals surface area contributed by atoms with Crippen LogP contribution in [0.3, 0.4) is 0 Å². The first kappa shape index (κ1) is 17.2. The van der Waals surface area contributed by atoms with E-state index >= 15 is 0 Å². The first-order chi connectivity index (χ1) is 11.2. The van der Waals surface area contributed by atoms with Crippen LogP contribution in [0.4, 0.5) is 5.82 Å². The van der Waals surface area contributed by atoms with Gasteiger partial charge in [0.1, 0.15) is 11.0 Å². The first-order valence-corrected chi connectivity index (χ1v) is 9.26. The highest BCUT2D eigenvalue weighted by Gasteiger charge is 2.25. The molecule has 0 spiro atoms. The minimum absolute atomic E-state index is 0.215. The maximum atomic E-state index is 6.35. The Labute approximate surface area is 147 Å². The van der Waals surface area contributed by atoms with Gasteiger partial charge in [-0.1, -0.05) is 24.4 Å². The van der Waals surface area contributed by atoms with Crippen molar-refractivity contribution in [1.82, 2.24) is 14.9 Å². The number of nitrogens with one attached hydrogen (secondary N) is 1. The lowest BCUT2D eigenvalue weighted by molar-refractivity contribution is 0.0378. The van der Waals surface area contributed by atoms with E-state index in [1.807, 2.05) is 0 Å². The van der Waals surface area contributed by atoms with Gasteiger partial charge in [-0.3, -0.25) is 4.90 Å². The normalized spacial score (nSPS) is 20.1. The zero-order chi connectivity index (χ0) is 16.1. The molecule has 128 valence electrons. The standard InChI is InChI=1S/C16H24Cl2N4O/c17-14-13(12-4-1-2-5-12)15(21-16(18)20-14)19-6-3-7-22-8-10-23-11-9-22/h12H,1-11H2,(H,19,20,21). The minimum Gasteiger partial charge on any atom is -0.379 e. The van der Waals surface area contributed by atoms with E-state index in [9.17, 15) is 0 Å². The van der Waals surface area contributed by atoms with Gasteiger partial charge in [-0.25, -0.2) is 9.97 Å². The van der Waals surface area contributed by atoms with Crippen LogP contribution in [-0.2, 0) is 4.74 Å². The summed E-state index contributed by atoms with van der Waals surface area (Å²) in [5.41, 5.74) is 1.06. The third-order valence-corrected chi connectivity index (χ3v) is 5.14. The predicted molar refractivity (Wildman–Crippen MR) is 93.6 cm³/mol. The molecule has 0 aromatic carbocycles. The van der Waals surface area contributed by atoms with Gasteiger partial charge in [0.25, 0.3) is 0 Å². The monoisotopic (exact) mass is 358 g/mol. The molecule has 1 saturated carbocycles. The van der Waals surface area contributed by atoms with Gasteiger partial charge in [0.05, 0.1) is 13.2 Å². The Morgan fingerprint density at radius 1 is 1.13 bits per heavy atom. The molecule has 0 amide bonds. The summed E-state index contributed by atoms with van der Waals surface area (Å²) in [6, 6.07) is 0. The molecule has 2 aliphatic rings. The lowest BCUT2D eigenvalue weighted by atomic mass is 9.99. The van der Waals surface area contributed by atoms with Crippen LogP contribution < -0.4 is 5.32 Å². The molecule has 0 unspecified atom stereocenters. The molecule has 0 atom stereocenters. The van der Waals surface area contributed by atoms with Crippen LogP contribution in [0, 0.1) is 0 Å². The van der Waals surface area contributed by atoms with Gasteiger partial charge in [0.15, 0.2) is 0 Å². The molecule has 2 fully saturated rings. The van der Waals surface area contributed by atoms with E-state index in [0.29, 0.717) is 11.1 Å². The molecule has 2 heterocycles. The van der Waals surface area contributed by atoms with Crippen molar-refractivity contribution in [3.8, 4) is 0 Å². The quantitative estimate of drug-likeness (QED) is 0.478. The fraction of sp³-hybridized carbons (Fsp3) is 0.750. The first-order valence-electron chi connectivity index (χ1n) is 8.51. The molecule has 3 rings (SSSR count). The number of hydrogen-bond acceptors (Lipinski definition) is 5. The highest BCUT2D eigenvalue weighted by atomic mass is 35.5. The summed E-state index contributed by atoms with van der Waals surface area (Å²) in [4.78, 5) is 11.0. The zero-order valence-corrected chi connectivity index (χ0v) is 14.9. The second-order valence-corrected chi connectivity index (χ2v) is 6.96. The maximum absolute atomic E-state index is 6.35. The highest BCUT2D eigenvalue weighted by molar-refractivity contribution is 6.32. The Hall–Kier alpha value is -0.620. The molecule has 23 heavy (non-hydrogen) atoms. The summed E-state index contributed by atoms with van der Waals surface area (Å²) < 4.78 is 5.37. The van der Waals surface area contributed by atoms with Gasteiger partial charge < -0.3 is 10.1 Å². The van der Waals surface area contributed by atoms with Crippen molar-refractivity contribution in [2.75, 3.05) is 44.7 Å². The summed E-state index contributed by atoms with van der Waals surface area (Å²) in [6.45, 7) is 5.67. The number of anilines is 1. The molecule has 1 N–H and O–H groups in total. The van der Waals surface area contributed by atoms with Crippen molar-refractivity contribution in [3.63, 3.8) is 0 Å². The van der Waals surface area contributed by atoms with E-state index in [0.717, 1.165) is 70.0 Å². The van der Waals surface area contributed by atoms with E-state index in [1.54, 1.807) is 0 Å². The number of halogens is 2. The Kier molecular flexibility index (Phi) is 6.34. The Morgan fingerprint density at radius 3 is 2.61 bits per heavy atom. The lowest BCUT2D eigenvalue weighted by Crippen LogP contribution is -2.37. The number of aromatic nitrogens is 2. The highest BCUT2D eigenvalue weighted by Crippen LogP contribution is 2.40. The summed E-state index contributed by atoms with van der Waals surface area (Å²) in [5, 5.41) is 4.16. The number of hydrogen-bond donors (Lipinski definition) is 1. The number of nitrogens with zero attached hydrogens (tertiary/aromatic N) is 3. The number of ether oxygens (including phenoxy) is 1. The van der Waals surface area contributed by atoms with Crippen molar-refractivity contribution in [2.45, 2.75) is 38.0 Å². The lowest BCUT2D eigenvalue weighted by Gasteiger charge is -2.26. The van der Waals surface area contributed by atoms with Gasteiger partial charge in [0.2, 0.25) is 5.28 Å². The molecule has 1 aromatic heterocycles. The van der Waals surface area contributed by atoms with Crippen LogP contribution in [0.25, 0.3) is 0 Å². The largest absolute Gasteiger partial charge is 0.379 e. The van der Waals surface area contributed by atoms with E-state index < -0.39 is 0 Å². The summed E-state index contributed by atoms with van der Waals surface area (Å²) in [5.74, 6) is 1.28. The molecule has 1 aliphatic carbocycles. The van der Waals surface area contributed by atoms with Crippen LogP contribution in [0.15, 0.2) is 0 Å². The molecular formula is C16H24Cl2N4O. The van der Waals surface area contributed by atoms with E-state index in [4.69, 9.17) is 27.9 Å². The molecule has 0 bridgehead atoms. The second kappa shape index (κ2) is 8.47. The predicted octanol–water partition coefficient (Wildman–Crippen LogP) is 3.58. The molecule has 1 aliphatic heterocycles. The number of morpholine rings is 1. The van der Waals surface area contributed by atoms with E-state index in [1.165, 1.54) is 12.8 Å². The topological polar surface area (TPSA) is 50.3 Å². The van der Waals surface area contributed by atoms with Crippen molar-refractivity contribution in [2.24, 2.45) is 0 Å². The summed E-state index contributed by atoms with van der Waals surface area (Å²) >= 11 is 12.3. The summed E-state index contributed by atoms with van der Waals surface area (Å²) in [7, 11) is 0. The van der Waals surface area contributed by atoms with E-state index in [2.05, 4.69) is 20.2 Å². The van der Waals surface area contributed by atoms with Crippen LogP contribution in [0.2, 0.25) is 10.4 Å². The third kappa shape index (κ3) is 4.69. The van der Waals surface area contributed by atoms with E-state index in [-0.39, 0.29) is 5.28 Å². The van der Waals surface area contributed by atoms with Crippen LogP contribution in [0.5, 0.6) is 0 Å². The van der Waals surface area contributed by atoms with Gasteiger partial charge in [-0.05, 0) is 43.3 Å². The van der Waals surface area contributed by atoms with Gasteiger partial charge >= 0.3 is 0 Å². The van der Waals surface area contributed by atoms with Crippen molar-refractivity contribution < 1.29 is 4.74 Å². The van der Waals surface area contributed by atoms with Gasteiger partial charge in [-0.2, -0.15) is 0 Å². The van der Waals surface area contributed by atoms with Gasteiger partial charge in [-0.15, -0.1) is 0 Å². The van der Waals surface area contributed by atoms with Crippen LogP contribution in [0.1, 0.15) is 43.6 Å². The Morgan fingerprint density at radius 2 is 1.87 bits per heavy atom. The minimum atomic E-state index is 0.215. The van der Waals surface area contributed by atoms with Gasteiger partial charge in [0, 0.05) is 25.2 Å². The molecule has 5 nitrogen and oxygen atoms in total. The molecular weight excluding hydrogens is 335 g/mol.